The lowest BCUT2D eigenvalue weighted by molar-refractivity contribution is -0.129. The molecule has 6 rings (SSSR count). The molecule has 4 aromatic rings. The molecular weight excluding hydrogens is 854 g/mol. The summed E-state index contributed by atoms with van der Waals surface area (Å²) in [5.74, 6) is 1.67. The molecule has 13 nitrogen and oxygen atoms in total. The standard InChI is InChI=1S/C46H55Cl2N5O8S/c1-56-42-29-40(37(47)27-38(42)48)51-46-33(30-49)31-50-39-28-44(43(57-2)26-36(39)46)61-18-5-11-52-12-14-53(15-13-52)16-19-59-21-23-60-22-20-58-17-4-7-32-6-3-8-35(24-32)62-45-10-9-34(54)25-41(45)55/h3,6,8,24,26-29,31,45H,4-5,7,9-23,25H2,1-2H3,(H,50,51). The molecule has 0 radical (unpaired) electrons. The Bertz CT molecular complexity index is 2170. The number of hydrogen-bond acceptors (Lipinski definition) is 14. The van der Waals surface area contributed by atoms with Gasteiger partial charge in [-0.15, -0.1) is 11.8 Å². The number of ether oxygens (including phenoxy) is 6. The molecule has 0 bridgehead atoms. The minimum absolute atomic E-state index is 0.0512. The van der Waals surface area contributed by atoms with Crippen molar-refractivity contribution in [3.8, 4) is 23.3 Å². The Morgan fingerprint density at radius 3 is 2.27 bits per heavy atom. The van der Waals surface area contributed by atoms with Crippen molar-refractivity contribution in [3.05, 3.63) is 75.9 Å². The first-order valence-corrected chi connectivity index (χ1v) is 22.7. The van der Waals surface area contributed by atoms with Crippen LogP contribution >= 0.6 is 35.0 Å². The van der Waals surface area contributed by atoms with Crippen LogP contribution < -0.4 is 19.5 Å². The number of Topliss-reactive ketones (excluding diaryl/α,β-unsaturated/α-hetero) is 2. The SMILES string of the molecule is COc1cc(Nc2c(C#N)cnc3cc(OCCCN4CCN(CCOCCOCCOCCCc5cccc(SC6CCC(=O)CC6=O)c5)CC4)c(OC)cc23)c(Cl)cc1Cl. The van der Waals surface area contributed by atoms with Gasteiger partial charge in [-0.05, 0) is 55.5 Å². The van der Waals surface area contributed by atoms with Gasteiger partial charge in [-0.3, -0.25) is 19.5 Å². The molecule has 62 heavy (non-hydrogen) atoms. The molecule has 1 N–H and O–H groups in total. The number of ketones is 2. The van der Waals surface area contributed by atoms with Crippen LogP contribution in [0.5, 0.6) is 17.2 Å². The second kappa shape index (κ2) is 24.6. The highest BCUT2D eigenvalue weighted by atomic mass is 35.5. The summed E-state index contributed by atoms with van der Waals surface area (Å²) < 4.78 is 34.6. The first-order valence-electron chi connectivity index (χ1n) is 21.1. The van der Waals surface area contributed by atoms with Crippen LogP contribution in [0.3, 0.4) is 0 Å². The van der Waals surface area contributed by atoms with E-state index in [2.05, 4.69) is 38.3 Å². The van der Waals surface area contributed by atoms with Crippen LogP contribution in [0.25, 0.3) is 10.9 Å². The summed E-state index contributed by atoms with van der Waals surface area (Å²) in [4.78, 5) is 34.2. The number of methoxy groups -OCH3 is 2. The summed E-state index contributed by atoms with van der Waals surface area (Å²) in [6, 6.07) is 17.4. The molecule has 0 spiro atoms. The maximum atomic E-state index is 12.2. The Morgan fingerprint density at radius 1 is 0.823 bits per heavy atom. The van der Waals surface area contributed by atoms with Crippen LogP contribution in [-0.4, -0.2) is 131 Å². The van der Waals surface area contributed by atoms with Crippen molar-refractivity contribution < 1.29 is 38.0 Å². The van der Waals surface area contributed by atoms with E-state index in [-0.39, 0.29) is 23.2 Å². The molecule has 0 amide bonds. The third-order valence-electron chi connectivity index (χ3n) is 10.8. The number of aromatic nitrogens is 1. The Labute approximate surface area is 378 Å². The van der Waals surface area contributed by atoms with E-state index in [4.69, 9.17) is 51.6 Å². The van der Waals surface area contributed by atoms with Crippen molar-refractivity contribution in [1.29, 1.82) is 5.26 Å². The molecule has 1 aliphatic carbocycles. The summed E-state index contributed by atoms with van der Waals surface area (Å²) in [7, 11) is 3.11. The molecule has 16 heteroatoms. The molecule has 2 aliphatic rings. The Balaban J connectivity index is 0.799. The van der Waals surface area contributed by atoms with Crippen LogP contribution in [0.15, 0.2) is 59.6 Å². The van der Waals surface area contributed by atoms with Gasteiger partial charge in [0.25, 0.3) is 0 Å². The van der Waals surface area contributed by atoms with E-state index in [1.807, 2.05) is 24.3 Å². The molecule has 2 fully saturated rings. The van der Waals surface area contributed by atoms with Gasteiger partial charge in [0.05, 0.1) is 98.0 Å². The highest BCUT2D eigenvalue weighted by molar-refractivity contribution is 8.00. The number of pyridine rings is 1. The Morgan fingerprint density at radius 2 is 1.55 bits per heavy atom. The van der Waals surface area contributed by atoms with E-state index >= 15 is 0 Å². The number of anilines is 2. The summed E-state index contributed by atoms with van der Waals surface area (Å²) in [6.45, 7) is 9.81. The molecule has 1 unspecified atom stereocenters. The van der Waals surface area contributed by atoms with Gasteiger partial charge in [-0.25, -0.2) is 0 Å². The number of nitrogens with zero attached hydrogens (tertiary/aromatic N) is 4. The van der Waals surface area contributed by atoms with Gasteiger partial charge in [0.2, 0.25) is 0 Å². The molecule has 1 saturated heterocycles. The average molecular weight is 909 g/mol. The number of thioether (sulfide) groups is 1. The van der Waals surface area contributed by atoms with Crippen LogP contribution in [0.1, 0.15) is 43.2 Å². The van der Waals surface area contributed by atoms with E-state index < -0.39 is 0 Å². The van der Waals surface area contributed by atoms with Crippen molar-refractivity contribution in [3.63, 3.8) is 0 Å². The van der Waals surface area contributed by atoms with Crippen LogP contribution in [0, 0.1) is 11.3 Å². The number of aryl methyl sites for hydroxylation is 1. The lowest BCUT2D eigenvalue weighted by Crippen LogP contribution is -2.47. The number of nitriles is 1. The maximum absolute atomic E-state index is 12.2. The Hall–Kier alpha value is -4.17. The predicted molar refractivity (Wildman–Crippen MR) is 243 cm³/mol. The van der Waals surface area contributed by atoms with Gasteiger partial charge in [0.15, 0.2) is 17.3 Å². The van der Waals surface area contributed by atoms with Crippen molar-refractivity contribution >= 4 is 68.8 Å². The zero-order valence-corrected chi connectivity index (χ0v) is 37.8. The largest absolute Gasteiger partial charge is 0.495 e. The highest BCUT2D eigenvalue weighted by Gasteiger charge is 2.28. The van der Waals surface area contributed by atoms with E-state index in [0.717, 1.165) is 63.4 Å². The molecule has 1 saturated carbocycles. The summed E-state index contributed by atoms with van der Waals surface area (Å²) >= 11 is 14.3. The van der Waals surface area contributed by atoms with Gasteiger partial charge in [-0.2, -0.15) is 5.26 Å². The van der Waals surface area contributed by atoms with Gasteiger partial charge >= 0.3 is 0 Å². The van der Waals surface area contributed by atoms with Crippen LogP contribution in [0.2, 0.25) is 10.0 Å². The number of halogens is 2. The molecule has 2 heterocycles. The number of rotatable bonds is 24. The third-order valence-corrected chi connectivity index (χ3v) is 12.7. The van der Waals surface area contributed by atoms with Crippen molar-refractivity contribution in [1.82, 2.24) is 14.8 Å². The molecule has 1 aromatic heterocycles. The fourth-order valence-corrected chi connectivity index (χ4v) is 9.00. The minimum atomic E-state index is -0.114. The third kappa shape index (κ3) is 13.9. The number of carbonyl (C=O) groups excluding carboxylic acids is 2. The number of fused-ring (bicyclic) bond motifs is 1. The minimum Gasteiger partial charge on any atom is -0.495 e. The zero-order valence-electron chi connectivity index (χ0n) is 35.4. The predicted octanol–water partition coefficient (Wildman–Crippen LogP) is 8.03. The van der Waals surface area contributed by atoms with Crippen LogP contribution in [0.4, 0.5) is 11.4 Å². The van der Waals surface area contributed by atoms with Gasteiger partial charge in [-0.1, -0.05) is 35.3 Å². The molecule has 3 aromatic carbocycles. The molecule has 1 atom stereocenters. The fraction of sp³-hybridized carbons (Fsp3) is 0.478. The summed E-state index contributed by atoms with van der Waals surface area (Å²) in [5, 5.41) is 14.5. The molecular formula is C46H55Cl2N5O8S. The normalized spacial score (nSPS) is 16.1. The lowest BCUT2D eigenvalue weighted by Gasteiger charge is -2.34. The van der Waals surface area contributed by atoms with Gasteiger partial charge in [0.1, 0.15) is 17.6 Å². The van der Waals surface area contributed by atoms with E-state index in [1.54, 1.807) is 31.0 Å². The fourth-order valence-electron chi connectivity index (χ4n) is 7.34. The second-order valence-electron chi connectivity index (χ2n) is 15.1. The maximum Gasteiger partial charge on any atom is 0.163 e. The smallest absolute Gasteiger partial charge is 0.163 e. The average Bonchev–Trinajstić information content (AvgIpc) is 3.27. The number of benzene rings is 3. The number of carbonyl (C=O) groups is 2. The highest BCUT2D eigenvalue weighted by Crippen LogP contribution is 2.40. The quantitative estimate of drug-likeness (QED) is 0.0535. The molecule has 332 valence electrons. The van der Waals surface area contributed by atoms with E-state index in [9.17, 15) is 14.9 Å². The van der Waals surface area contributed by atoms with Gasteiger partial charge in [0, 0.05) is 80.9 Å². The monoisotopic (exact) mass is 907 g/mol. The lowest BCUT2D eigenvalue weighted by atomic mass is 9.98. The second-order valence-corrected chi connectivity index (χ2v) is 17.2. The van der Waals surface area contributed by atoms with Gasteiger partial charge < -0.3 is 38.6 Å². The Kier molecular flexibility index (Phi) is 18.8. The number of piperazine rings is 1. The first kappa shape index (κ1) is 47.3. The molecule has 1 aliphatic heterocycles. The number of nitrogens with one attached hydrogen (secondary N) is 1. The summed E-state index contributed by atoms with van der Waals surface area (Å²) in [5.41, 5.74) is 3.25. The first-order chi connectivity index (χ1) is 30.2. The van der Waals surface area contributed by atoms with E-state index in [0.29, 0.717) is 114 Å². The summed E-state index contributed by atoms with van der Waals surface area (Å²) in [6.07, 6.45) is 5.40. The van der Waals surface area contributed by atoms with Crippen molar-refractivity contribution in [2.45, 2.75) is 48.7 Å². The number of hydrogen-bond donors (Lipinski definition) is 1. The van der Waals surface area contributed by atoms with E-state index in [1.165, 1.54) is 18.9 Å². The van der Waals surface area contributed by atoms with Crippen molar-refractivity contribution in [2.24, 2.45) is 0 Å². The zero-order chi connectivity index (χ0) is 43.7. The van der Waals surface area contributed by atoms with Crippen molar-refractivity contribution in [2.75, 3.05) is 105 Å². The van der Waals surface area contributed by atoms with Crippen LogP contribution in [-0.2, 0) is 30.2 Å². The topological polar surface area (TPSA) is 145 Å².